The summed E-state index contributed by atoms with van der Waals surface area (Å²) < 4.78 is 18.4. The van der Waals surface area contributed by atoms with Gasteiger partial charge in [0, 0.05) is 24.0 Å². The third-order valence-corrected chi connectivity index (χ3v) is 4.39. The van der Waals surface area contributed by atoms with E-state index in [0.29, 0.717) is 12.3 Å². The van der Waals surface area contributed by atoms with Gasteiger partial charge in [0.15, 0.2) is 0 Å². The van der Waals surface area contributed by atoms with Crippen LogP contribution in [0.25, 0.3) is 22.2 Å². The summed E-state index contributed by atoms with van der Waals surface area (Å²) in [7, 11) is 0. The molecule has 2 heterocycles. The summed E-state index contributed by atoms with van der Waals surface area (Å²) in [6.07, 6.45) is 1.16. The normalized spacial score (nSPS) is 14.3. The SMILES string of the molecule is O=C(OCN1CCC1)c1ccc2nc(-c3ccc(F)cc3)ccc2c1. The highest BCUT2D eigenvalue weighted by atomic mass is 19.1. The molecule has 0 aliphatic carbocycles. The number of carbonyl (C=O) groups is 1. The predicted octanol–water partition coefficient (Wildman–Crippen LogP) is 3.86. The maximum Gasteiger partial charge on any atom is 0.339 e. The smallest absolute Gasteiger partial charge is 0.339 e. The molecule has 1 aromatic heterocycles. The van der Waals surface area contributed by atoms with E-state index in [1.165, 1.54) is 12.1 Å². The quantitative estimate of drug-likeness (QED) is 0.679. The van der Waals surface area contributed by atoms with Crippen molar-refractivity contribution in [3.8, 4) is 11.3 Å². The van der Waals surface area contributed by atoms with Crippen molar-refractivity contribution >= 4 is 16.9 Å². The molecule has 126 valence electrons. The van der Waals surface area contributed by atoms with E-state index >= 15 is 0 Å². The fourth-order valence-electron chi connectivity index (χ4n) is 2.78. The molecule has 1 aliphatic heterocycles. The highest BCUT2D eigenvalue weighted by Crippen LogP contribution is 2.22. The monoisotopic (exact) mass is 336 g/mol. The third kappa shape index (κ3) is 3.37. The van der Waals surface area contributed by atoms with Crippen molar-refractivity contribution in [1.82, 2.24) is 9.88 Å². The maximum atomic E-state index is 13.0. The molecule has 25 heavy (non-hydrogen) atoms. The van der Waals surface area contributed by atoms with Gasteiger partial charge in [-0.2, -0.15) is 0 Å². The van der Waals surface area contributed by atoms with E-state index < -0.39 is 0 Å². The summed E-state index contributed by atoms with van der Waals surface area (Å²) in [5.74, 6) is -0.595. The van der Waals surface area contributed by atoms with Crippen molar-refractivity contribution in [3.63, 3.8) is 0 Å². The second-order valence-electron chi connectivity index (χ2n) is 6.14. The number of carbonyl (C=O) groups excluding carboxylic acids is 1. The first kappa shape index (κ1) is 15.7. The van der Waals surface area contributed by atoms with Crippen molar-refractivity contribution in [2.75, 3.05) is 19.8 Å². The van der Waals surface area contributed by atoms with Crippen LogP contribution in [-0.4, -0.2) is 35.7 Å². The largest absolute Gasteiger partial charge is 0.446 e. The van der Waals surface area contributed by atoms with Gasteiger partial charge in [-0.25, -0.2) is 14.2 Å². The van der Waals surface area contributed by atoms with Crippen LogP contribution in [0, 0.1) is 5.82 Å². The van der Waals surface area contributed by atoms with Crippen LogP contribution >= 0.6 is 0 Å². The Bertz CT molecular complexity index is 921. The van der Waals surface area contributed by atoms with Crippen LogP contribution in [0.5, 0.6) is 0 Å². The van der Waals surface area contributed by atoms with Crippen molar-refractivity contribution in [2.45, 2.75) is 6.42 Å². The van der Waals surface area contributed by atoms with Gasteiger partial charge in [-0.15, -0.1) is 0 Å². The number of benzene rings is 2. The molecule has 4 rings (SSSR count). The number of ether oxygens (including phenoxy) is 1. The number of hydrogen-bond acceptors (Lipinski definition) is 4. The molecule has 5 heteroatoms. The molecule has 4 nitrogen and oxygen atoms in total. The Balaban J connectivity index is 1.55. The van der Waals surface area contributed by atoms with Crippen LogP contribution in [0.2, 0.25) is 0 Å². The van der Waals surface area contributed by atoms with Crippen molar-refractivity contribution < 1.29 is 13.9 Å². The number of fused-ring (bicyclic) bond motifs is 1. The van der Waals surface area contributed by atoms with Gasteiger partial charge in [-0.3, -0.25) is 4.90 Å². The molecule has 0 N–H and O–H groups in total. The average molecular weight is 336 g/mol. The zero-order valence-corrected chi connectivity index (χ0v) is 13.6. The average Bonchev–Trinajstić information content (AvgIpc) is 2.60. The molecule has 1 aliphatic rings. The van der Waals surface area contributed by atoms with E-state index in [-0.39, 0.29) is 11.8 Å². The third-order valence-electron chi connectivity index (χ3n) is 4.39. The molecule has 0 bridgehead atoms. The topological polar surface area (TPSA) is 42.4 Å². The first-order chi connectivity index (χ1) is 12.2. The molecule has 2 aromatic carbocycles. The zero-order chi connectivity index (χ0) is 17.2. The number of esters is 1. The highest BCUT2D eigenvalue weighted by molar-refractivity contribution is 5.94. The lowest BCUT2D eigenvalue weighted by Crippen LogP contribution is -2.39. The molecule has 0 radical (unpaired) electrons. The number of pyridine rings is 1. The molecule has 0 spiro atoms. The summed E-state index contributed by atoms with van der Waals surface area (Å²) in [4.78, 5) is 18.8. The first-order valence-corrected chi connectivity index (χ1v) is 8.25. The summed E-state index contributed by atoms with van der Waals surface area (Å²) in [5, 5.41) is 0.865. The van der Waals surface area contributed by atoms with Gasteiger partial charge in [0.05, 0.1) is 16.8 Å². The summed E-state index contributed by atoms with van der Waals surface area (Å²) in [5.41, 5.74) is 2.91. The van der Waals surface area contributed by atoms with Crippen molar-refractivity contribution in [3.05, 3.63) is 66.0 Å². The van der Waals surface area contributed by atoms with E-state index in [0.717, 1.165) is 41.7 Å². The van der Waals surface area contributed by atoms with Gasteiger partial charge in [0.1, 0.15) is 12.5 Å². The second-order valence-corrected chi connectivity index (χ2v) is 6.14. The molecule has 3 aromatic rings. The molecule has 1 fully saturated rings. The van der Waals surface area contributed by atoms with Gasteiger partial charge in [-0.05, 0) is 55.0 Å². The Morgan fingerprint density at radius 1 is 1.08 bits per heavy atom. The summed E-state index contributed by atoms with van der Waals surface area (Å²) in [6, 6.07) is 15.3. The minimum Gasteiger partial charge on any atom is -0.446 e. The maximum absolute atomic E-state index is 13.0. The Labute approximate surface area is 144 Å². The lowest BCUT2D eigenvalue weighted by Gasteiger charge is -2.29. The highest BCUT2D eigenvalue weighted by Gasteiger charge is 2.16. The van der Waals surface area contributed by atoms with Gasteiger partial charge in [-0.1, -0.05) is 6.07 Å². The van der Waals surface area contributed by atoms with Crippen LogP contribution in [0.4, 0.5) is 4.39 Å². The van der Waals surface area contributed by atoms with Crippen LogP contribution in [0.3, 0.4) is 0 Å². The van der Waals surface area contributed by atoms with Gasteiger partial charge < -0.3 is 4.74 Å². The Morgan fingerprint density at radius 2 is 1.88 bits per heavy atom. The fourth-order valence-corrected chi connectivity index (χ4v) is 2.78. The van der Waals surface area contributed by atoms with Gasteiger partial charge >= 0.3 is 5.97 Å². The van der Waals surface area contributed by atoms with Crippen LogP contribution in [0.15, 0.2) is 54.6 Å². The molecule has 0 unspecified atom stereocenters. The van der Waals surface area contributed by atoms with Crippen LogP contribution in [0.1, 0.15) is 16.8 Å². The standard InChI is InChI=1S/C20H17FN2O2/c21-17-6-2-14(3-7-17)18-8-4-15-12-16(5-9-19(15)22-18)20(24)25-13-23-10-1-11-23/h2-9,12H,1,10-11,13H2. The molecule has 0 amide bonds. The van der Waals surface area contributed by atoms with E-state index in [9.17, 15) is 9.18 Å². The lowest BCUT2D eigenvalue weighted by molar-refractivity contribution is 0.00490. The number of halogens is 1. The number of nitrogens with zero attached hydrogens (tertiary/aromatic N) is 2. The fraction of sp³-hybridized carbons (Fsp3) is 0.200. The number of hydrogen-bond donors (Lipinski definition) is 0. The molecule has 1 saturated heterocycles. The molecule has 0 atom stereocenters. The van der Waals surface area contributed by atoms with E-state index in [1.54, 1.807) is 24.3 Å². The molecule has 0 saturated carbocycles. The number of rotatable bonds is 4. The second kappa shape index (κ2) is 6.61. The van der Waals surface area contributed by atoms with Crippen LogP contribution in [-0.2, 0) is 4.74 Å². The first-order valence-electron chi connectivity index (χ1n) is 8.25. The zero-order valence-electron chi connectivity index (χ0n) is 13.6. The Kier molecular flexibility index (Phi) is 4.15. The molecular weight excluding hydrogens is 319 g/mol. The van der Waals surface area contributed by atoms with E-state index in [2.05, 4.69) is 9.88 Å². The molecular formula is C20H17FN2O2. The summed E-state index contributed by atoms with van der Waals surface area (Å²) >= 11 is 0. The number of aromatic nitrogens is 1. The Morgan fingerprint density at radius 3 is 2.60 bits per heavy atom. The van der Waals surface area contributed by atoms with Crippen molar-refractivity contribution in [1.29, 1.82) is 0 Å². The van der Waals surface area contributed by atoms with Crippen molar-refractivity contribution in [2.24, 2.45) is 0 Å². The predicted molar refractivity (Wildman–Crippen MR) is 93.6 cm³/mol. The van der Waals surface area contributed by atoms with Gasteiger partial charge in [0.25, 0.3) is 0 Å². The van der Waals surface area contributed by atoms with Gasteiger partial charge in [0.2, 0.25) is 0 Å². The minimum atomic E-state index is -0.323. The van der Waals surface area contributed by atoms with Crippen LogP contribution < -0.4 is 0 Å². The van der Waals surface area contributed by atoms with E-state index in [4.69, 9.17) is 4.74 Å². The minimum absolute atomic E-state index is 0.272. The number of likely N-dealkylation sites (tertiary alicyclic amines) is 1. The summed E-state index contributed by atoms with van der Waals surface area (Å²) in [6.45, 7) is 2.32. The van der Waals surface area contributed by atoms with E-state index in [1.807, 2.05) is 18.2 Å². The Hall–Kier alpha value is -2.79. The lowest BCUT2D eigenvalue weighted by atomic mass is 10.1.